The van der Waals surface area contributed by atoms with Crippen LogP contribution in [0.3, 0.4) is 0 Å². The van der Waals surface area contributed by atoms with Gasteiger partial charge in [-0.15, -0.1) is 10.2 Å². The molecule has 1 heterocycles. The monoisotopic (exact) mass is 196 g/mol. The molecule has 0 aliphatic carbocycles. The first-order valence-corrected chi connectivity index (χ1v) is 5.18. The van der Waals surface area contributed by atoms with Crippen LogP contribution in [0.4, 0.5) is 5.95 Å². The van der Waals surface area contributed by atoms with Gasteiger partial charge in [-0.25, -0.2) is 0 Å². The molecule has 0 saturated heterocycles. The second kappa shape index (κ2) is 3.98. The molecule has 0 spiro atoms. The van der Waals surface area contributed by atoms with Gasteiger partial charge in [-0.1, -0.05) is 6.92 Å². The smallest absolute Gasteiger partial charge is 0.225 e. The maximum absolute atomic E-state index is 4.15. The molecular weight excluding hydrogens is 176 g/mol. The van der Waals surface area contributed by atoms with Gasteiger partial charge in [0.05, 0.1) is 0 Å². The lowest BCUT2D eigenvalue weighted by Gasteiger charge is -2.21. The molecule has 0 unspecified atom stereocenters. The average molecular weight is 196 g/mol. The third-order valence-corrected chi connectivity index (χ3v) is 1.95. The largest absolute Gasteiger partial charge is 0.350 e. The van der Waals surface area contributed by atoms with Gasteiger partial charge < -0.3 is 5.32 Å². The number of nitrogens with zero attached hydrogens (tertiary/aromatic N) is 3. The summed E-state index contributed by atoms with van der Waals surface area (Å²) in [4.78, 5) is 0. The summed E-state index contributed by atoms with van der Waals surface area (Å²) >= 11 is 0. The molecule has 0 aromatic carbocycles. The van der Waals surface area contributed by atoms with Crippen molar-refractivity contribution in [1.82, 2.24) is 14.8 Å². The van der Waals surface area contributed by atoms with E-state index in [0.29, 0.717) is 0 Å². The lowest BCUT2D eigenvalue weighted by Crippen LogP contribution is -2.28. The standard InChI is InChI=1S/C10H20N4/c1-6-8-12-13-9(14(8)7-2)11-10(3,4)5/h6-7H2,1-5H3,(H,11,13). The van der Waals surface area contributed by atoms with Gasteiger partial charge in [0.2, 0.25) is 5.95 Å². The summed E-state index contributed by atoms with van der Waals surface area (Å²) in [7, 11) is 0. The molecule has 0 amide bonds. The maximum atomic E-state index is 4.15. The number of hydrogen-bond donors (Lipinski definition) is 1. The lowest BCUT2D eigenvalue weighted by molar-refractivity contribution is 0.608. The summed E-state index contributed by atoms with van der Waals surface area (Å²) in [5.74, 6) is 1.91. The molecule has 4 nitrogen and oxygen atoms in total. The Kier molecular flexibility index (Phi) is 3.13. The van der Waals surface area contributed by atoms with Crippen molar-refractivity contribution in [2.45, 2.75) is 53.1 Å². The molecule has 0 bridgehead atoms. The van der Waals surface area contributed by atoms with Crippen LogP contribution >= 0.6 is 0 Å². The molecule has 4 heteroatoms. The molecule has 0 fully saturated rings. The molecule has 1 rings (SSSR count). The van der Waals surface area contributed by atoms with E-state index >= 15 is 0 Å². The minimum Gasteiger partial charge on any atom is -0.350 e. The number of anilines is 1. The fraction of sp³-hybridized carbons (Fsp3) is 0.800. The summed E-state index contributed by atoms with van der Waals surface area (Å²) in [5.41, 5.74) is 0.0327. The number of nitrogens with one attached hydrogen (secondary N) is 1. The Morgan fingerprint density at radius 3 is 2.29 bits per heavy atom. The molecule has 0 radical (unpaired) electrons. The predicted octanol–water partition coefficient (Wildman–Crippen LogP) is 2.07. The van der Waals surface area contributed by atoms with Crippen LogP contribution in [0.5, 0.6) is 0 Å². The first-order chi connectivity index (χ1) is 6.48. The van der Waals surface area contributed by atoms with E-state index in [0.717, 1.165) is 24.7 Å². The molecule has 0 aliphatic heterocycles. The Morgan fingerprint density at radius 2 is 1.86 bits per heavy atom. The van der Waals surface area contributed by atoms with E-state index in [2.05, 4.69) is 54.7 Å². The van der Waals surface area contributed by atoms with Gasteiger partial charge in [0.1, 0.15) is 5.82 Å². The van der Waals surface area contributed by atoms with Crippen molar-refractivity contribution >= 4 is 5.95 Å². The van der Waals surface area contributed by atoms with Gasteiger partial charge in [0, 0.05) is 18.5 Å². The van der Waals surface area contributed by atoms with E-state index in [1.54, 1.807) is 0 Å². The Hall–Kier alpha value is -1.06. The third-order valence-electron chi connectivity index (χ3n) is 1.95. The van der Waals surface area contributed by atoms with Crippen molar-refractivity contribution in [3.8, 4) is 0 Å². The van der Waals surface area contributed by atoms with Crippen molar-refractivity contribution < 1.29 is 0 Å². The van der Waals surface area contributed by atoms with Gasteiger partial charge in [-0.2, -0.15) is 0 Å². The zero-order valence-electron chi connectivity index (χ0n) is 9.76. The van der Waals surface area contributed by atoms with Gasteiger partial charge in [0.25, 0.3) is 0 Å². The van der Waals surface area contributed by atoms with Crippen LogP contribution in [-0.2, 0) is 13.0 Å². The van der Waals surface area contributed by atoms with E-state index in [1.807, 2.05) is 0 Å². The summed E-state index contributed by atoms with van der Waals surface area (Å²) in [6, 6.07) is 0. The highest BCUT2D eigenvalue weighted by Crippen LogP contribution is 2.13. The third kappa shape index (κ3) is 2.47. The molecule has 1 aromatic rings. The first kappa shape index (κ1) is 11.0. The molecule has 0 saturated carbocycles. The zero-order chi connectivity index (χ0) is 10.8. The Labute approximate surface area is 85.7 Å². The van der Waals surface area contributed by atoms with Crippen LogP contribution in [0, 0.1) is 0 Å². The van der Waals surface area contributed by atoms with Crippen LogP contribution in [0.1, 0.15) is 40.4 Å². The van der Waals surface area contributed by atoms with Gasteiger partial charge in [-0.05, 0) is 27.7 Å². The fourth-order valence-corrected chi connectivity index (χ4v) is 1.36. The topological polar surface area (TPSA) is 42.7 Å². The van der Waals surface area contributed by atoms with E-state index in [-0.39, 0.29) is 5.54 Å². The lowest BCUT2D eigenvalue weighted by atomic mass is 10.1. The van der Waals surface area contributed by atoms with Gasteiger partial charge >= 0.3 is 0 Å². The molecule has 14 heavy (non-hydrogen) atoms. The Bertz CT molecular complexity index is 296. The van der Waals surface area contributed by atoms with Crippen LogP contribution in [0.2, 0.25) is 0 Å². The normalized spacial score (nSPS) is 11.8. The summed E-state index contributed by atoms with van der Waals surface area (Å²) < 4.78 is 2.12. The van der Waals surface area contributed by atoms with Crippen molar-refractivity contribution in [2.24, 2.45) is 0 Å². The summed E-state index contributed by atoms with van der Waals surface area (Å²) in [5, 5.41) is 11.6. The quantitative estimate of drug-likeness (QED) is 0.804. The van der Waals surface area contributed by atoms with Crippen LogP contribution in [-0.4, -0.2) is 20.3 Å². The molecule has 0 atom stereocenters. The van der Waals surface area contributed by atoms with Crippen molar-refractivity contribution in [2.75, 3.05) is 5.32 Å². The predicted molar refractivity (Wildman–Crippen MR) is 58.4 cm³/mol. The Morgan fingerprint density at radius 1 is 1.21 bits per heavy atom. The minimum absolute atomic E-state index is 0.0327. The molecule has 80 valence electrons. The SMILES string of the molecule is CCc1nnc(NC(C)(C)C)n1CC. The van der Waals surface area contributed by atoms with Crippen molar-refractivity contribution in [3.05, 3.63) is 5.82 Å². The fourth-order valence-electron chi connectivity index (χ4n) is 1.36. The van der Waals surface area contributed by atoms with Gasteiger partial charge in [0.15, 0.2) is 0 Å². The van der Waals surface area contributed by atoms with E-state index in [4.69, 9.17) is 0 Å². The number of aryl methyl sites for hydroxylation is 1. The highest BCUT2D eigenvalue weighted by atomic mass is 15.4. The molecular formula is C10H20N4. The summed E-state index contributed by atoms with van der Waals surface area (Å²) in [6.45, 7) is 11.5. The molecule has 1 aromatic heterocycles. The minimum atomic E-state index is 0.0327. The molecule has 1 N–H and O–H groups in total. The van der Waals surface area contributed by atoms with Crippen molar-refractivity contribution in [3.63, 3.8) is 0 Å². The Balaban J connectivity index is 2.92. The number of hydrogen-bond acceptors (Lipinski definition) is 3. The highest BCUT2D eigenvalue weighted by molar-refractivity contribution is 5.29. The highest BCUT2D eigenvalue weighted by Gasteiger charge is 2.15. The second-order valence-corrected chi connectivity index (χ2v) is 4.41. The first-order valence-electron chi connectivity index (χ1n) is 5.18. The van der Waals surface area contributed by atoms with Crippen LogP contribution < -0.4 is 5.32 Å². The van der Waals surface area contributed by atoms with Crippen LogP contribution in [0.15, 0.2) is 0 Å². The summed E-state index contributed by atoms with van der Waals surface area (Å²) in [6.07, 6.45) is 0.923. The van der Waals surface area contributed by atoms with E-state index in [9.17, 15) is 0 Å². The molecule has 0 aliphatic rings. The van der Waals surface area contributed by atoms with Gasteiger partial charge in [-0.3, -0.25) is 4.57 Å². The maximum Gasteiger partial charge on any atom is 0.225 e. The van der Waals surface area contributed by atoms with E-state index in [1.165, 1.54) is 0 Å². The van der Waals surface area contributed by atoms with Crippen LogP contribution in [0.25, 0.3) is 0 Å². The average Bonchev–Trinajstić information content (AvgIpc) is 2.43. The van der Waals surface area contributed by atoms with E-state index < -0.39 is 0 Å². The zero-order valence-corrected chi connectivity index (χ0v) is 9.76. The number of aromatic nitrogens is 3. The second-order valence-electron chi connectivity index (χ2n) is 4.41. The number of rotatable bonds is 3. The van der Waals surface area contributed by atoms with Crippen molar-refractivity contribution in [1.29, 1.82) is 0 Å².